The van der Waals surface area contributed by atoms with Gasteiger partial charge in [0, 0.05) is 19.3 Å². The third-order valence-electron chi connectivity index (χ3n) is 7.15. The number of aryl methyl sites for hydroxylation is 1. The first-order valence-electron chi connectivity index (χ1n) is 12.2. The third-order valence-corrected chi connectivity index (χ3v) is 7.94. The average molecular weight is 517 g/mol. The number of primary sulfonamides is 1. The molecule has 0 bridgehead atoms. The first-order chi connectivity index (χ1) is 17.3. The number of likely N-dealkylation sites (tertiary alicyclic amines) is 1. The van der Waals surface area contributed by atoms with Crippen molar-refractivity contribution < 1.29 is 21.9 Å². The Morgan fingerprint density at radius 1 is 1.17 bits per heavy atom. The Labute approximate surface area is 209 Å². The van der Waals surface area contributed by atoms with Crippen molar-refractivity contribution in [3.63, 3.8) is 0 Å². The van der Waals surface area contributed by atoms with E-state index in [1.165, 1.54) is 25.0 Å². The number of nitrogens with two attached hydrogens (primary N) is 1. The zero-order valence-corrected chi connectivity index (χ0v) is 20.8. The highest BCUT2D eigenvalue weighted by Crippen LogP contribution is 2.43. The van der Waals surface area contributed by atoms with E-state index in [0.717, 1.165) is 42.7 Å². The molecule has 3 aromatic rings. The van der Waals surface area contributed by atoms with E-state index in [1.54, 1.807) is 22.8 Å². The predicted octanol–water partition coefficient (Wildman–Crippen LogP) is 3.48. The summed E-state index contributed by atoms with van der Waals surface area (Å²) >= 11 is 0. The van der Waals surface area contributed by atoms with Crippen molar-refractivity contribution in [3.8, 4) is 5.75 Å². The number of nitrogens with zero attached hydrogens (tertiary/aromatic N) is 3. The second-order valence-electron chi connectivity index (χ2n) is 9.74. The molecule has 1 aliphatic heterocycles. The summed E-state index contributed by atoms with van der Waals surface area (Å²) in [7, 11) is -3.84. The van der Waals surface area contributed by atoms with Crippen LogP contribution in [0, 0.1) is 17.6 Å². The van der Waals surface area contributed by atoms with Crippen LogP contribution in [0.4, 0.5) is 8.78 Å². The summed E-state index contributed by atoms with van der Waals surface area (Å²) in [6.07, 6.45) is 5.99. The van der Waals surface area contributed by atoms with Crippen molar-refractivity contribution in [1.29, 1.82) is 0 Å². The zero-order valence-electron chi connectivity index (χ0n) is 19.9. The van der Waals surface area contributed by atoms with E-state index in [-0.39, 0.29) is 34.9 Å². The zero-order chi connectivity index (χ0) is 25.3. The SMILES string of the molecule is NS(=O)(=O)c1cn(CCCOc2cc3c(cc2F)CC(CN2CCC2)C3Cc2cccc(F)c2)cn1. The molecule has 0 amide bonds. The Hall–Kier alpha value is -2.82. The van der Waals surface area contributed by atoms with Crippen molar-refractivity contribution in [2.24, 2.45) is 11.1 Å². The summed E-state index contributed by atoms with van der Waals surface area (Å²) in [5.74, 6) is 0.0723. The minimum atomic E-state index is -3.84. The second-order valence-corrected chi connectivity index (χ2v) is 11.2. The summed E-state index contributed by atoms with van der Waals surface area (Å²) in [6.45, 7) is 3.85. The van der Waals surface area contributed by atoms with Crippen molar-refractivity contribution >= 4 is 10.0 Å². The topological polar surface area (TPSA) is 90.5 Å². The molecule has 0 saturated carbocycles. The molecule has 5 rings (SSSR count). The Balaban J connectivity index is 1.28. The molecule has 1 aromatic heterocycles. The Morgan fingerprint density at radius 3 is 2.69 bits per heavy atom. The van der Waals surface area contributed by atoms with Crippen LogP contribution in [-0.2, 0) is 29.4 Å². The van der Waals surface area contributed by atoms with Gasteiger partial charge in [0.05, 0.1) is 12.9 Å². The first-order valence-corrected chi connectivity index (χ1v) is 13.8. The molecular weight excluding hydrogens is 486 g/mol. The number of hydrogen-bond donors (Lipinski definition) is 1. The van der Waals surface area contributed by atoms with E-state index < -0.39 is 10.0 Å². The van der Waals surface area contributed by atoms with Crippen LogP contribution in [0.2, 0.25) is 0 Å². The molecule has 2 N–H and O–H groups in total. The summed E-state index contributed by atoms with van der Waals surface area (Å²) in [4.78, 5) is 6.22. The monoisotopic (exact) mass is 516 g/mol. The largest absolute Gasteiger partial charge is 0.490 e. The fourth-order valence-corrected chi connectivity index (χ4v) is 5.72. The highest BCUT2D eigenvalue weighted by Gasteiger charge is 2.35. The average Bonchev–Trinajstić information content (AvgIpc) is 3.39. The van der Waals surface area contributed by atoms with Crippen LogP contribution < -0.4 is 9.88 Å². The molecule has 2 aromatic carbocycles. The number of rotatable bonds is 10. The molecule has 10 heteroatoms. The van der Waals surface area contributed by atoms with Gasteiger partial charge in [0.1, 0.15) is 5.82 Å². The van der Waals surface area contributed by atoms with Gasteiger partial charge in [-0.15, -0.1) is 0 Å². The molecule has 2 aliphatic rings. The van der Waals surface area contributed by atoms with Gasteiger partial charge in [0.2, 0.25) is 0 Å². The van der Waals surface area contributed by atoms with E-state index in [1.807, 2.05) is 12.1 Å². The molecule has 2 unspecified atom stereocenters. The number of benzene rings is 2. The van der Waals surface area contributed by atoms with Gasteiger partial charge in [0.25, 0.3) is 10.0 Å². The quantitative estimate of drug-likeness (QED) is 0.417. The number of halogens is 2. The standard InChI is InChI=1S/C26H30F2N4O3S/c27-21-5-1-4-18(10-21)11-22-20(15-31-6-2-7-31)12-19-13-24(28)25(14-23(19)22)35-9-3-8-32-16-26(30-17-32)36(29,33)34/h1,4-5,10,13-14,16-17,20,22H,2-3,6-9,11-12,15H2,(H2,29,33,34). The lowest BCUT2D eigenvalue weighted by Gasteiger charge is -2.35. The molecule has 36 heavy (non-hydrogen) atoms. The van der Waals surface area contributed by atoms with Crippen LogP contribution in [0.1, 0.15) is 35.4 Å². The molecule has 1 aliphatic carbocycles. The van der Waals surface area contributed by atoms with E-state index in [0.29, 0.717) is 25.3 Å². The van der Waals surface area contributed by atoms with Gasteiger partial charge in [-0.2, -0.15) is 0 Å². The van der Waals surface area contributed by atoms with Crippen LogP contribution >= 0.6 is 0 Å². The second kappa shape index (κ2) is 10.3. The first kappa shape index (κ1) is 24.9. The van der Waals surface area contributed by atoms with Gasteiger partial charge in [-0.1, -0.05) is 12.1 Å². The molecule has 2 atom stereocenters. The van der Waals surface area contributed by atoms with Crippen molar-refractivity contribution in [2.45, 2.75) is 43.2 Å². The minimum absolute atomic E-state index is 0.160. The fraction of sp³-hybridized carbons (Fsp3) is 0.423. The van der Waals surface area contributed by atoms with Crippen LogP contribution in [-0.4, -0.2) is 49.1 Å². The molecular formula is C26H30F2N4O3S. The highest BCUT2D eigenvalue weighted by molar-refractivity contribution is 7.89. The van der Waals surface area contributed by atoms with Gasteiger partial charge in [-0.3, -0.25) is 0 Å². The lowest BCUT2D eigenvalue weighted by Crippen LogP contribution is -2.41. The van der Waals surface area contributed by atoms with Crippen LogP contribution in [0.3, 0.4) is 0 Å². The lowest BCUT2D eigenvalue weighted by molar-refractivity contribution is 0.145. The Morgan fingerprint density at radius 2 is 2.00 bits per heavy atom. The molecule has 192 valence electrons. The summed E-state index contributed by atoms with van der Waals surface area (Å²) < 4.78 is 58.9. The number of aromatic nitrogens is 2. The number of imidazole rings is 1. The number of ether oxygens (including phenoxy) is 1. The normalized spacial score (nSPS) is 19.8. The molecule has 7 nitrogen and oxygen atoms in total. The molecule has 1 saturated heterocycles. The maximum Gasteiger partial charge on any atom is 0.257 e. The van der Waals surface area contributed by atoms with Gasteiger partial charge >= 0.3 is 0 Å². The number of sulfonamides is 1. The Bertz CT molecular complexity index is 1340. The van der Waals surface area contributed by atoms with Gasteiger partial charge in [0.15, 0.2) is 16.6 Å². The smallest absolute Gasteiger partial charge is 0.257 e. The predicted molar refractivity (Wildman–Crippen MR) is 131 cm³/mol. The van der Waals surface area contributed by atoms with Crippen LogP contribution in [0.25, 0.3) is 0 Å². The Kier molecular flexibility index (Phi) is 7.09. The van der Waals surface area contributed by atoms with Crippen molar-refractivity contribution in [2.75, 3.05) is 26.2 Å². The van der Waals surface area contributed by atoms with E-state index in [9.17, 15) is 17.2 Å². The molecule has 0 radical (unpaired) electrons. The highest BCUT2D eigenvalue weighted by atomic mass is 32.2. The van der Waals surface area contributed by atoms with Crippen molar-refractivity contribution in [3.05, 3.63) is 77.2 Å². The van der Waals surface area contributed by atoms with E-state index >= 15 is 0 Å². The number of fused-ring (bicyclic) bond motifs is 1. The third kappa shape index (κ3) is 5.61. The van der Waals surface area contributed by atoms with Gasteiger partial charge < -0.3 is 14.2 Å². The van der Waals surface area contributed by atoms with E-state index in [4.69, 9.17) is 9.88 Å². The lowest BCUT2D eigenvalue weighted by atomic mass is 9.85. The molecule has 1 fully saturated rings. The van der Waals surface area contributed by atoms with Crippen molar-refractivity contribution in [1.82, 2.24) is 14.5 Å². The maximum atomic E-state index is 14.9. The van der Waals surface area contributed by atoms with Crippen LogP contribution in [0.5, 0.6) is 5.75 Å². The summed E-state index contributed by atoms with van der Waals surface area (Å²) in [6, 6.07) is 10.1. The summed E-state index contributed by atoms with van der Waals surface area (Å²) in [5, 5.41) is 4.90. The van der Waals surface area contributed by atoms with Crippen LogP contribution in [0.15, 0.2) is 53.9 Å². The molecule has 0 spiro atoms. The molecule has 2 heterocycles. The van der Waals surface area contributed by atoms with Gasteiger partial charge in [-0.05, 0) is 91.6 Å². The maximum absolute atomic E-state index is 14.9. The minimum Gasteiger partial charge on any atom is -0.490 e. The summed E-state index contributed by atoms with van der Waals surface area (Å²) in [5.41, 5.74) is 3.02. The van der Waals surface area contributed by atoms with E-state index in [2.05, 4.69) is 9.88 Å². The van der Waals surface area contributed by atoms with Gasteiger partial charge in [-0.25, -0.2) is 27.3 Å². The number of hydrogen-bond acceptors (Lipinski definition) is 5. The fourth-order valence-electron chi connectivity index (χ4n) is 5.24.